The van der Waals surface area contributed by atoms with Crippen molar-refractivity contribution in [3.63, 3.8) is 0 Å². The fraction of sp³-hybridized carbons (Fsp3) is 0.800. The summed E-state index contributed by atoms with van der Waals surface area (Å²) < 4.78 is 8.95. The fourth-order valence-corrected chi connectivity index (χ4v) is 0.227. The summed E-state index contributed by atoms with van der Waals surface area (Å²) in [6.07, 6.45) is 0.406. The molecule has 3 heteroatoms. The van der Waals surface area contributed by atoms with Crippen molar-refractivity contribution in [2.45, 2.75) is 13.3 Å². The van der Waals surface area contributed by atoms with E-state index in [0.717, 1.165) is 0 Å². The van der Waals surface area contributed by atoms with E-state index in [9.17, 15) is 4.79 Å². The molecule has 0 aromatic carbocycles. The summed E-state index contributed by atoms with van der Waals surface area (Å²) in [7, 11) is 1.48. The largest absolute Gasteiger partial charge is 0.438 e. The predicted molar refractivity (Wildman–Crippen MR) is 28.3 cm³/mol. The lowest BCUT2D eigenvalue weighted by molar-refractivity contribution is -0.153. The van der Waals surface area contributed by atoms with Gasteiger partial charge in [-0.3, -0.25) is 4.79 Å². The van der Waals surface area contributed by atoms with Crippen molar-refractivity contribution in [3.8, 4) is 0 Å². The van der Waals surface area contributed by atoms with Gasteiger partial charge in [-0.1, -0.05) is 6.92 Å². The molecule has 48 valence electrons. The molecule has 0 atom stereocenters. The lowest BCUT2D eigenvalue weighted by atomic mass is 10.5. The first kappa shape index (κ1) is 7.43. The Hall–Kier alpha value is -0.570. The molecule has 0 fully saturated rings. The topological polar surface area (TPSA) is 35.5 Å². The summed E-state index contributed by atoms with van der Waals surface area (Å²) in [4.78, 5) is 10.3. The Morgan fingerprint density at radius 2 is 2.25 bits per heavy atom. The Labute approximate surface area is 48.6 Å². The van der Waals surface area contributed by atoms with Gasteiger partial charge in [-0.15, -0.1) is 0 Å². The maximum Gasteiger partial charge on any atom is 0.307 e. The molecule has 0 aliphatic rings. The van der Waals surface area contributed by atoms with Gasteiger partial charge in [0.05, 0.1) is 0 Å². The lowest BCUT2D eigenvalue weighted by Crippen LogP contribution is -2.04. The number of rotatable bonds is 3. The Morgan fingerprint density at radius 1 is 1.62 bits per heavy atom. The van der Waals surface area contributed by atoms with Crippen molar-refractivity contribution in [1.82, 2.24) is 0 Å². The van der Waals surface area contributed by atoms with E-state index in [2.05, 4.69) is 9.47 Å². The smallest absolute Gasteiger partial charge is 0.307 e. The molecular formula is C5H10O3. The van der Waals surface area contributed by atoms with Gasteiger partial charge >= 0.3 is 5.97 Å². The zero-order chi connectivity index (χ0) is 6.41. The van der Waals surface area contributed by atoms with Crippen LogP contribution in [0.2, 0.25) is 0 Å². The van der Waals surface area contributed by atoms with Gasteiger partial charge in [0.2, 0.25) is 0 Å². The van der Waals surface area contributed by atoms with Crippen LogP contribution in [-0.4, -0.2) is 19.9 Å². The third-order valence-electron chi connectivity index (χ3n) is 0.626. The van der Waals surface area contributed by atoms with E-state index in [1.54, 1.807) is 6.92 Å². The van der Waals surface area contributed by atoms with E-state index in [0.29, 0.717) is 6.42 Å². The van der Waals surface area contributed by atoms with E-state index < -0.39 is 0 Å². The second-order valence-corrected chi connectivity index (χ2v) is 1.28. The van der Waals surface area contributed by atoms with Gasteiger partial charge < -0.3 is 9.47 Å². The van der Waals surface area contributed by atoms with Crippen molar-refractivity contribution >= 4 is 5.97 Å². The zero-order valence-electron chi connectivity index (χ0n) is 5.14. The second-order valence-electron chi connectivity index (χ2n) is 1.28. The molecule has 0 aliphatic heterocycles. The molecule has 0 aromatic heterocycles. The van der Waals surface area contributed by atoms with Crippen LogP contribution in [0.1, 0.15) is 13.3 Å². The van der Waals surface area contributed by atoms with Crippen LogP contribution >= 0.6 is 0 Å². The Balaban J connectivity index is 2.99. The highest BCUT2D eigenvalue weighted by atomic mass is 16.7. The van der Waals surface area contributed by atoms with Crippen LogP contribution in [0.3, 0.4) is 0 Å². The molecule has 0 aromatic rings. The van der Waals surface area contributed by atoms with Crippen LogP contribution in [0.15, 0.2) is 0 Å². The third kappa shape index (κ3) is 3.61. The van der Waals surface area contributed by atoms with E-state index in [4.69, 9.17) is 0 Å². The molecule has 0 heterocycles. The first-order valence-electron chi connectivity index (χ1n) is 2.45. The van der Waals surface area contributed by atoms with Gasteiger partial charge in [0.1, 0.15) is 0 Å². The first-order valence-corrected chi connectivity index (χ1v) is 2.45. The summed E-state index contributed by atoms with van der Waals surface area (Å²) in [6, 6.07) is 0. The highest BCUT2D eigenvalue weighted by molar-refractivity contribution is 5.68. The van der Waals surface area contributed by atoms with Crippen molar-refractivity contribution < 1.29 is 14.3 Å². The van der Waals surface area contributed by atoms with Crippen LogP contribution in [0.4, 0.5) is 0 Å². The maximum atomic E-state index is 10.3. The van der Waals surface area contributed by atoms with Gasteiger partial charge in [-0.05, 0) is 0 Å². The summed E-state index contributed by atoms with van der Waals surface area (Å²) in [5.41, 5.74) is 0. The summed E-state index contributed by atoms with van der Waals surface area (Å²) in [6.45, 7) is 1.80. The third-order valence-corrected chi connectivity index (χ3v) is 0.626. The molecule has 0 radical (unpaired) electrons. The van der Waals surface area contributed by atoms with Gasteiger partial charge in [0.15, 0.2) is 6.79 Å². The molecule has 0 amide bonds. The van der Waals surface area contributed by atoms with Crippen LogP contribution in [0.25, 0.3) is 0 Å². The minimum Gasteiger partial charge on any atom is -0.438 e. The second kappa shape index (κ2) is 4.59. The molecule has 0 spiro atoms. The number of hydrogen-bond donors (Lipinski definition) is 0. The standard InChI is InChI=1S/C5H10O3/c1-3-5(6)8-4-7-2/h3-4H2,1-2H3. The average molecular weight is 118 g/mol. The van der Waals surface area contributed by atoms with Crippen LogP contribution in [0, 0.1) is 0 Å². The quantitative estimate of drug-likeness (QED) is 0.401. The van der Waals surface area contributed by atoms with Gasteiger partial charge in [0.25, 0.3) is 0 Å². The maximum absolute atomic E-state index is 10.3. The predicted octanol–water partition coefficient (Wildman–Crippen LogP) is 0.543. The first-order chi connectivity index (χ1) is 3.81. The molecule has 0 N–H and O–H groups in total. The molecule has 0 rings (SSSR count). The molecule has 0 aliphatic carbocycles. The van der Waals surface area contributed by atoms with Crippen LogP contribution in [0.5, 0.6) is 0 Å². The molecule has 0 saturated heterocycles. The number of esters is 1. The minimum atomic E-state index is -0.230. The lowest BCUT2D eigenvalue weighted by Gasteiger charge is -1.97. The molecule has 8 heavy (non-hydrogen) atoms. The monoisotopic (exact) mass is 118 g/mol. The molecule has 0 saturated carbocycles. The summed E-state index contributed by atoms with van der Waals surface area (Å²) in [5, 5.41) is 0. The van der Waals surface area contributed by atoms with E-state index in [1.807, 2.05) is 0 Å². The number of carbonyl (C=O) groups excluding carboxylic acids is 1. The molecule has 0 bridgehead atoms. The fourth-order valence-electron chi connectivity index (χ4n) is 0.227. The average Bonchev–Trinajstić information content (AvgIpc) is 1.83. The van der Waals surface area contributed by atoms with E-state index in [1.165, 1.54) is 7.11 Å². The van der Waals surface area contributed by atoms with Gasteiger partial charge in [0, 0.05) is 13.5 Å². The van der Waals surface area contributed by atoms with Crippen molar-refractivity contribution in [2.24, 2.45) is 0 Å². The van der Waals surface area contributed by atoms with Crippen molar-refractivity contribution in [2.75, 3.05) is 13.9 Å². The highest BCUT2D eigenvalue weighted by Crippen LogP contribution is 1.82. The van der Waals surface area contributed by atoms with E-state index in [-0.39, 0.29) is 12.8 Å². The number of carbonyl (C=O) groups is 1. The normalized spacial score (nSPS) is 8.75. The number of hydrogen-bond acceptors (Lipinski definition) is 3. The van der Waals surface area contributed by atoms with Crippen molar-refractivity contribution in [1.29, 1.82) is 0 Å². The van der Waals surface area contributed by atoms with Crippen molar-refractivity contribution in [3.05, 3.63) is 0 Å². The highest BCUT2D eigenvalue weighted by Gasteiger charge is 1.93. The van der Waals surface area contributed by atoms with Gasteiger partial charge in [-0.25, -0.2) is 0 Å². The Bertz CT molecular complexity index is 70.1. The molecular weight excluding hydrogens is 108 g/mol. The number of methoxy groups -OCH3 is 1. The molecule has 0 unspecified atom stereocenters. The Morgan fingerprint density at radius 3 is 2.62 bits per heavy atom. The van der Waals surface area contributed by atoms with Crippen LogP contribution < -0.4 is 0 Å². The number of ether oxygens (including phenoxy) is 2. The minimum absolute atomic E-state index is 0.0622. The summed E-state index contributed by atoms with van der Waals surface area (Å²) in [5.74, 6) is -0.230. The van der Waals surface area contributed by atoms with E-state index >= 15 is 0 Å². The SMILES string of the molecule is CCC(=O)OCOC. The Kier molecular flexibility index (Phi) is 4.26. The van der Waals surface area contributed by atoms with Crippen LogP contribution in [-0.2, 0) is 14.3 Å². The zero-order valence-corrected chi connectivity index (χ0v) is 5.14. The summed E-state index contributed by atoms with van der Waals surface area (Å²) >= 11 is 0. The van der Waals surface area contributed by atoms with Gasteiger partial charge in [-0.2, -0.15) is 0 Å². The molecule has 3 nitrogen and oxygen atoms in total.